The number of thiocarbonyl (C=S) groups is 1. The third kappa shape index (κ3) is 2.96. The second-order valence-electron chi connectivity index (χ2n) is 4.71. The maximum Gasteiger partial charge on any atom is 0.226 e. The minimum atomic E-state index is 0.335. The van der Waals surface area contributed by atoms with Crippen molar-refractivity contribution in [3.05, 3.63) is 18.0 Å². The van der Waals surface area contributed by atoms with Gasteiger partial charge in [-0.15, -0.1) is 0 Å². The standard InChI is InChI=1S/C13H20N4S/c1-2-10-6-4-3-5-9-17(10)13-15-8-7-11(16-13)12(14)18/h7-8,10H,2-6,9H2,1H3,(H2,14,18). The number of rotatable bonds is 3. The molecule has 1 saturated heterocycles. The van der Waals surface area contributed by atoms with Gasteiger partial charge in [0.25, 0.3) is 0 Å². The van der Waals surface area contributed by atoms with E-state index < -0.39 is 0 Å². The zero-order valence-corrected chi connectivity index (χ0v) is 11.6. The summed E-state index contributed by atoms with van der Waals surface area (Å²) in [6, 6.07) is 2.30. The maximum atomic E-state index is 5.63. The summed E-state index contributed by atoms with van der Waals surface area (Å²) in [4.78, 5) is 11.5. The second kappa shape index (κ2) is 6.09. The first kappa shape index (κ1) is 13.2. The number of nitrogens with two attached hydrogens (primary N) is 1. The van der Waals surface area contributed by atoms with Gasteiger partial charge in [0.2, 0.25) is 5.95 Å². The molecule has 0 amide bonds. The molecule has 4 nitrogen and oxygen atoms in total. The molecule has 0 aromatic carbocycles. The number of hydrogen-bond acceptors (Lipinski definition) is 4. The van der Waals surface area contributed by atoms with Crippen molar-refractivity contribution in [2.24, 2.45) is 5.73 Å². The molecule has 98 valence electrons. The fourth-order valence-corrected chi connectivity index (χ4v) is 2.60. The van der Waals surface area contributed by atoms with E-state index in [0.717, 1.165) is 18.9 Å². The molecule has 1 atom stereocenters. The lowest BCUT2D eigenvalue weighted by atomic mass is 10.1. The van der Waals surface area contributed by atoms with E-state index in [2.05, 4.69) is 21.8 Å². The molecule has 2 heterocycles. The van der Waals surface area contributed by atoms with Gasteiger partial charge in [-0.1, -0.05) is 32.0 Å². The summed E-state index contributed by atoms with van der Waals surface area (Å²) in [6.45, 7) is 3.25. The van der Waals surface area contributed by atoms with Crippen molar-refractivity contribution < 1.29 is 0 Å². The highest BCUT2D eigenvalue weighted by molar-refractivity contribution is 7.80. The Morgan fingerprint density at radius 2 is 2.33 bits per heavy atom. The van der Waals surface area contributed by atoms with Crippen LogP contribution in [-0.4, -0.2) is 27.5 Å². The van der Waals surface area contributed by atoms with Gasteiger partial charge in [0.15, 0.2) is 0 Å². The minimum Gasteiger partial charge on any atom is -0.388 e. The van der Waals surface area contributed by atoms with E-state index in [0.29, 0.717) is 16.7 Å². The van der Waals surface area contributed by atoms with Gasteiger partial charge in [0.05, 0.1) is 0 Å². The van der Waals surface area contributed by atoms with Crippen LogP contribution in [0.5, 0.6) is 0 Å². The van der Waals surface area contributed by atoms with E-state index in [-0.39, 0.29) is 0 Å². The van der Waals surface area contributed by atoms with E-state index >= 15 is 0 Å². The largest absolute Gasteiger partial charge is 0.388 e. The monoisotopic (exact) mass is 264 g/mol. The molecule has 5 heteroatoms. The van der Waals surface area contributed by atoms with Crippen LogP contribution in [0, 0.1) is 0 Å². The van der Waals surface area contributed by atoms with E-state index in [1.807, 2.05) is 0 Å². The highest BCUT2D eigenvalue weighted by atomic mass is 32.1. The van der Waals surface area contributed by atoms with Gasteiger partial charge >= 0.3 is 0 Å². The Kier molecular flexibility index (Phi) is 4.47. The van der Waals surface area contributed by atoms with Gasteiger partial charge in [0.1, 0.15) is 10.7 Å². The molecule has 0 spiro atoms. The molecule has 1 aliphatic rings. The third-order valence-electron chi connectivity index (χ3n) is 3.50. The van der Waals surface area contributed by atoms with Crippen molar-refractivity contribution in [3.8, 4) is 0 Å². The molecule has 0 aliphatic carbocycles. The smallest absolute Gasteiger partial charge is 0.226 e. The van der Waals surface area contributed by atoms with Crippen LogP contribution in [-0.2, 0) is 0 Å². The molecule has 1 aromatic heterocycles. The van der Waals surface area contributed by atoms with E-state index in [1.54, 1.807) is 12.3 Å². The summed E-state index contributed by atoms with van der Waals surface area (Å²) in [6.07, 6.45) is 7.88. The van der Waals surface area contributed by atoms with Crippen molar-refractivity contribution in [2.45, 2.75) is 45.1 Å². The van der Waals surface area contributed by atoms with E-state index in [1.165, 1.54) is 25.7 Å². The Labute approximate surface area is 114 Å². The Hall–Kier alpha value is -1.23. The van der Waals surface area contributed by atoms with Crippen LogP contribution < -0.4 is 10.6 Å². The second-order valence-corrected chi connectivity index (χ2v) is 5.15. The lowest BCUT2D eigenvalue weighted by molar-refractivity contribution is 0.547. The zero-order valence-electron chi connectivity index (χ0n) is 10.8. The molecule has 1 fully saturated rings. The molecule has 18 heavy (non-hydrogen) atoms. The summed E-state index contributed by atoms with van der Waals surface area (Å²) in [5.41, 5.74) is 6.29. The lowest BCUT2D eigenvalue weighted by Crippen LogP contribution is -2.36. The van der Waals surface area contributed by atoms with Crippen molar-refractivity contribution in [1.29, 1.82) is 0 Å². The fourth-order valence-electron chi connectivity index (χ4n) is 2.49. The molecular weight excluding hydrogens is 244 g/mol. The van der Waals surface area contributed by atoms with Crippen LogP contribution in [0.1, 0.15) is 44.7 Å². The molecule has 2 N–H and O–H groups in total. The van der Waals surface area contributed by atoms with Gasteiger partial charge in [-0.05, 0) is 25.3 Å². The van der Waals surface area contributed by atoms with Crippen LogP contribution in [0.25, 0.3) is 0 Å². The SMILES string of the molecule is CCC1CCCCCN1c1nccc(C(N)=S)n1. The van der Waals surface area contributed by atoms with Crippen molar-refractivity contribution in [2.75, 3.05) is 11.4 Å². The van der Waals surface area contributed by atoms with Crippen LogP contribution in [0.15, 0.2) is 12.3 Å². The average molecular weight is 264 g/mol. The summed E-state index contributed by atoms with van der Waals surface area (Å²) in [7, 11) is 0. The molecule has 0 radical (unpaired) electrons. The first-order chi connectivity index (χ1) is 8.72. The fraction of sp³-hybridized carbons (Fsp3) is 0.615. The molecule has 2 rings (SSSR count). The number of nitrogens with zero attached hydrogens (tertiary/aromatic N) is 3. The summed E-state index contributed by atoms with van der Waals surface area (Å²) in [5.74, 6) is 0.772. The minimum absolute atomic E-state index is 0.335. The highest BCUT2D eigenvalue weighted by Crippen LogP contribution is 2.23. The van der Waals surface area contributed by atoms with Crippen molar-refractivity contribution >= 4 is 23.2 Å². The molecule has 1 unspecified atom stereocenters. The summed E-state index contributed by atoms with van der Waals surface area (Å²) < 4.78 is 0. The van der Waals surface area contributed by atoms with Gasteiger partial charge in [0, 0.05) is 18.8 Å². The lowest BCUT2D eigenvalue weighted by Gasteiger charge is -2.29. The predicted octanol–water partition coefficient (Wildman–Crippen LogP) is 2.27. The normalized spacial score (nSPS) is 20.5. The highest BCUT2D eigenvalue weighted by Gasteiger charge is 2.21. The number of hydrogen-bond donors (Lipinski definition) is 1. The van der Waals surface area contributed by atoms with Gasteiger partial charge in [-0.3, -0.25) is 0 Å². The Balaban J connectivity index is 2.26. The van der Waals surface area contributed by atoms with Crippen LogP contribution in [0.4, 0.5) is 5.95 Å². The topological polar surface area (TPSA) is 55.0 Å². The van der Waals surface area contributed by atoms with Crippen LogP contribution in [0.3, 0.4) is 0 Å². The quantitative estimate of drug-likeness (QED) is 0.849. The maximum absolute atomic E-state index is 5.63. The summed E-state index contributed by atoms with van der Waals surface area (Å²) >= 11 is 4.98. The molecule has 1 aromatic rings. The van der Waals surface area contributed by atoms with E-state index in [9.17, 15) is 0 Å². The van der Waals surface area contributed by atoms with Gasteiger partial charge in [-0.25, -0.2) is 9.97 Å². The molecule has 0 bridgehead atoms. The van der Waals surface area contributed by atoms with E-state index in [4.69, 9.17) is 18.0 Å². The number of anilines is 1. The van der Waals surface area contributed by atoms with Gasteiger partial charge in [-0.2, -0.15) is 0 Å². The zero-order chi connectivity index (χ0) is 13.0. The molecule has 1 aliphatic heterocycles. The summed E-state index contributed by atoms with van der Waals surface area (Å²) in [5, 5.41) is 0. The Bertz CT molecular complexity index is 421. The third-order valence-corrected chi connectivity index (χ3v) is 3.71. The first-order valence-corrected chi connectivity index (χ1v) is 7.02. The average Bonchev–Trinajstić information content (AvgIpc) is 2.63. The van der Waals surface area contributed by atoms with Gasteiger partial charge < -0.3 is 10.6 Å². The van der Waals surface area contributed by atoms with Crippen molar-refractivity contribution in [1.82, 2.24) is 9.97 Å². The molecular formula is C13H20N4S. The van der Waals surface area contributed by atoms with Crippen molar-refractivity contribution in [3.63, 3.8) is 0 Å². The molecule has 0 saturated carbocycles. The predicted molar refractivity (Wildman–Crippen MR) is 77.8 cm³/mol. The number of aromatic nitrogens is 2. The van der Waals surface area contributed by atoms with Crippen LogP contribution in [0.2, 0.25) is 0 Å². The Morgan fingerprint density at radius 1 is 1.50 bits per heavy atom. The van der Waals surface area contributed by atoms with Crippen LogP contribution >= 0.6 is 12.2 Å². The first-order valence-electron chi connectivity index (χ1n) is 6.62. The Morgan fingerprint density at radius 3 is 3.06 bits per heavy atom.